The normalized spacial score (nSPS) is 17.6. The molecule has 8 nitrogen and oxygen atoms in total. The number of nitrogens with zero attached hydrogens (tertiary/aromatic N) is 4. The molecule has 0 amide bonds. The van der Waals surface area contributed by atoms with E-state index in [1.807, 2.05) is 6.07 Å². The Morgan fingerprint density at radius 2 is 1.95 bits per heavy atom. The number of allylic oxidation sites excluding steroid dienone is 1. The molecule has 3 N–H and O–H groups in total. The minimum Gasteiger partial charge on any atom is -0.491 e. The van der Waals surface area contributed by atoms with Gasteiger partial charge in [-0.05, 0) is 49.4 Å². The third-order valence-electron chi connectivity index (χ3n) is 6.38. The Hall–Kier alpha value is -3.89. The van der Waals surface area contributed by atoms with Gasteiger partial charge in [-0.2, -0.15) is 9.61 Å². The average Bonchev–Trinajstić information content (AvgIpc) is 3.25. The van der Waals surface area contributed by atoms with Crippen LogP contribution in [-0.4, -0.2) is 45.9 Å². The van der Waals surface area contributed by atoms with Crippen LogP contribution in [0.1, 0.15) is 31.2 Å². The number of hydrogen-bond donors (Lipinski definition) is 2. The Morgan fingerprint density at radius 1 is 1.14 bits per heavy atom. The molecule has 2 unspecified atom stereocenters. The SMILES string of the molecule is COCCOc1cc(F)c(-c2ccc3cnc(Nc4cnccc4C4CC(C)=CC(N)C4)n3n2)c(F)c1. The van der Waals surface area contributed by atoms with Crippen LogP contribution in [0.2, 0.25) is 0 Å². The Balaban J connectivity index is 1.46. The van der Waals surface area contributed by atoms with Crippen molar-refractivity contribution < 1.29 is 18.3 Å². The summed E-state index contributed by atoms with van der Waals surface area (Å²) < 4.78 is 41.7. The van der Waals surface area contributed by atoms with E-state index in [2.05, 4.69) is 33.4 Å². The number of benzene rings is 1. The van der Waals surface area contributed by atoms with Crippen LogP contribution in [0.3, 0.4) is 0 Å². The molecule has 1 aliphatic carbocycles. The highest BCUT2D eigenvalue weighted by Crippen LogP contribution is 2.37. The standard InChI is InChI=1S/C27H28F2N6O2/c1-16-9-17(11-18(30)10-16)21-5-6-31-15-25(21)33-27-32-14-19-3-4-24(34-35(19)27)26-22(28)12-20(13-23(26)29)37-8-7-36-2/h3-6,10,12-15,17-18H,7-9,11,30H2,1-2H3,(H,32,33). The van der Waals surface area contributed by atoms with E-state index in [0.717, 1.165) is 36.2 Å². The maximum atomic E-state index is 14.9. The maximum absolute atomic E-state index is 14.9. The lowest BCUT2D eigenvalue weighted by molar-refractivity contribution is 0.146. The molecule has 3 aromatic heterocycles. The largest absolute Gasteiger partial charge is 0.491 e. The number of nitrogens with one attached hydrogen (secondary N) is 1. The number of hydrogen-bond acceptors (Lipinski definition) is 7. The topological polar surface area (TPSA) is 99.6 Å². The predicted molar refractivity (Wildman–Crippen MR) is 137 cm³/mol. The maximum Gasteiger partial charge on any atom is 0.229 e. The van der Waals surface area contributed by atoms with Crippen molar-refractivity contribution in [1.29, 1.82) is 0 Å². The number of ether oxygens (including phenoxy) is 2. The van der Waals surface area contributed by atoms with E-state index in [-0.39, 0.29) is 35.6 Å². The van der Waals surface area contributed by atoms with Gasteiger partial charge in [-0.15, -0.1) is 0 Å². The molecule has 0 fully saturated rings. The molecular formula is C27H28F2N6O2. The first-order valence-corrected chi connectivity index (χ1v) is 12.0. The third-order valence-corrected chi connectivity index (χ3v) is 6.38. The molecule has 0 bridgehead atoms. The zero-order valence-corrected chi connectivity index (χ0v) is 20.6. The Labute approximate surface area is 213 Å². The number of fused-ring (bicyclic) bond motifs is 1. The Bertz CT molecular complexity index is 1430. The van der Waals surface area contributed by atoms with Crippen LogP contribution < -0.4 is 15.8 Å². The van der Waals surface area contributed by atoms with Crippen molar-refractivity contribution >= 4 is 17.2 Å². The molecule has 5 rings (SSSR count). The highest BCUT2D eigenvalue weighted by Gasteiger charge is 2.23. The summed E-state index contributed by atoms with van der Waals surface area (Å²) in [4.78, 5) is 8.73. The molecule has 3 heterocycles. The molecule has 1 aliphatic rings. The summed E-state index contributed by atoms with van der Waals surface area (Å²) in [7, 11) is 1.52. The fourth-order valence-electron chi connectivity index (χ4n) is 4.75. The van der Waals surface area contributed by atoms with Crippen LogP contribution in [0.5, 0.6) is 5.75 Å². The molecule has 10 heteroatoms. The minimum absolute atomic E-state index is 0.00203. The summed E-state index contributed by atoms with van der Waals surface area (Å²) >= 11 is 0. The average molecular weight is 507 g/mol. The summed E-state index contributed by atoms with van der Waals surface area (Å²) in [6, 6.07) is 7.52. The van der Waals surface area contributed by atoms with E-state index in [1.54, 1.807) is 30.7 Å². The predicted octanol–water partition coefficient (Wildman–Crippen LogP) is 4.99. The molecule has 192 valence electrons. The molecule has 0 radical (unpaired) electrons. The van der Waals surface area contributed by atoms with E-state index in [9.17, 15) is 8.78 Å². The van der Waals surface area contributed by atoms with Crippen molar-refractivity contribution in [3.05, 3.63) is 77.8 Å². The summed E-state index contributed by atoms with van der Waals surface area (Å²) in [5, 5.41) is 7.81. The Morgan fingerprint density at radius 3 is 2.70 bits per heavy atom. The monoisotopic (exact) mass is 506 g/mol. The zero-order chi connectivity index (χ0) is 25.9. The first-order chi connectivity index (χ1) is 17.9. The van der Waals surface area contributed by atoms with Gasteiger partial charge in [0.15, 0.2) is 0 Å². The van der Waals surface area contributed by atoms with Crippen LogP contribution in [0.15, 0.2) is 60.6 Å². The minimum atomic E-state index is -0.777. The number of anilines is 2. The molecule has 2 atom stereocenters. The lowest BCUT2D eigenvalue weighted by Gasteiger charge is -2.27. The summed E-state index contributed by atoms with van der Waals surface area (Å²) in [5.74, 6) is -0.841. The second-order valence-corrected chi connectivity index (χ2v) is 9.14. The summed E-state index contributed by atoms with van der Waals surface area (Å²) in [6.45, 7) is 2.58. The van der Waals surface area contributed by atoms with Gasteiger partial charge in [0.25, 0.3) is 0 Å². The highest BCUT2D eigenvalue weighted by atomic mass is 19.1. The van der Waals surface area contributed by atoms with Crippen LogP contribution in [0.4, 0.5) is 20.4 Å². The van der Waals surface area contributed by atoms with Gasteiger partial charge >= 0.3 is 0 Å². The molecule has 1 aromatic carbocycles. The number of methoxy groups -OCH3 is 1. The lowest BCUT2D eigenvalue weighted by Crippen LogP contribution is -2.25. The first-order valence-electron chi connectivity index (χ1n) is 12.0. The summed E-state index contributed by atoms with van der Waals surface area (Å²) in [5.41, 5.74) is 9.88. The van der Waals surface area contributed by atoms with Gasteiger partial charge in [0.05, 0.1) is 41.5 Å². The van der Waals surface area contributed by atoms with Gasteiger partial charge in [0.2, 0.25) is 5.95 Å². The van der Waals surface area contributed by atoms with E-state index in [1.165, 1.54) is 17.2 Å². The van der Waals surface area contributed by atoms with Gasteiger partial charge in [0.1, 0.15) is 24.0 Å². The molecule has 0 saturated heterocycles. The fourth-order valence-corrected chi connectivity index (χ4v) is 4.75. The van der Waals surface area contributed by atoms with E-state index >= 15 is 0 Å². The second kappa shape index (κ2) is 10.6. The van der Waals surface area contributed by atoms with E-state index < -0.39 is 11.6 Å². The smallest absolute Gasteiger partial charge is 0.229 e. The van der Waals surface area contributed by atoms with Crippen molar-refractivity contribution in [2.75, 3.05) is 25.6 Å². The van der Waals surface area contributed by atoms with Gasteiger partial charge < -0.3 is 20.5 Å². The number of imidazole rings is 1. The van der Waals surface area contributed by atoms with Crippen LogP contribution in [0.25, 0.3) is 16.8 Å². The van der Waals surface area contributed by atoms with Crippen molar-refractivity contribution in [2.45, 2.75) is 31.7 Å². The Kier molecular flexibility index (Phi) is 7.11. The number of halogens is 2. The van der Waals surface area contributed by atoms with Gasteiger partial charge in [-0.25, -0.2) is 13.8 Å². The third kappa shape index (κ3) is 5.30. The zero-order valence-electron chi connectivity index (χ0n) is 20.6. The number of pyridine rings is 1. The van der Waals surface area contributed by atoms with Gasteiger partial charge in [-0.3, -0.25) is 4.98 Å². The van der Waals surface area contributed by atoms with Crippen molar-refractivity contribution in [3.8, 4) is 17.0 Å². The number of aromatic nitrogens is 4. The molecule has 0 saturated carbocycles. The van der Waals surface area contributed by atoms with Crippen molar-refractivity contribution in [2.24, 2.45) is 5.73 Å². The lowest BCUT2D eigenvalue weighted by atomic mass is 9.82. The molecule has 4 aromatic rings. The fraction of sp³-hybridized carbons (Fsp3) is 0.296. The number of rotatable bonds is 8. The quantitative estimate of drug-likeness (QED) is 0.257. The van der Waals surface area contributed by atoms with Crippen molar-refractivity contribution in [3.63, 3.8) is 0 Å². The molecule has 0 aliphatic heterocycles. The highest BCUT2D eigenvalue weighted by molar-refractivity contribution is 5.66. The van der Waals surface area contributed by atoms with Crippen LogP contribution >= 0.6 is 0 Å². The molecular weight excluding hydrogens is 478 g/mol. The first kappa shape index (κ1) is 24.8. The number of nitrogens with two attached hydrogens (primary N) is 1. The van der Waals surface area contributed by atoms with Crippen LogP contribution in [0, 0.1) is 11.6 Å². The van der Waals surface area contributed by atoms with Crippen LogP contribution in [-0.2, 0) is 4.74 Å². The second-order valence-electron chi connectivity index (χ2n) is 9.14. The van der Waals surface area contributed by atoms with Gasteiger partial charge in [-0.1, -0.05) is 11.6 Å². The molecule has 37 heavy (non-hydrogen) atoms. The van der Waals surface area contributed by atoms with E-state index in [0.29, 0.717) is 18.1 Å². The summed E-state index contributed by atoms with van der Waals surface area (Å²) in [6.07, 6.45) is 8.97. The van der Waals surface area contributed by atoms with Gasteiger partial charge in [0, 0.05) is 31.5 Å². The van der Waals surface area contributed by atoms with E-state index in [4.69, 9.17) is 15.2 Å². The molecule has 0 spiro atoms. The van der Waals surface area contributed by atoms with Crippen molar-refractivity contribution in [1.82, 2.24) is 19.6 Å².